The highest BCUT2D eigenvalue weighted by molar-refractivity contribution is 4.90. The second kappa shape index (κ2) is 6.12. The molecule has 2 rings (SSSR count). The van der Waals surface area contributed by atoms with E-state index in [9.17, 15) is 5.11 Å². The Balaban J connectivity index is 1.83. The van der Waals surface area contributed by atoms with E-state index in [2.05, 4.69) is 10.1 Å². The zero-order valence-electron chi connectivity index (χ0n) is 10.3. The number of rotatable bonds is 6. The van der Waals surface area contributed by atoms with Crippen molar-refractivity contribution in [1.82, 2.24) is 10.1 Å². The summed E-state index contributed by atoms with van der Waals surface area (Å²) in [4.78, 5) is 4.24. The van der Waals surface area contributed by atoms with Crippen molar-refractivity contribution in [3.8, 4) is 0 Å². The van der Waals surface area contributed by atoms with Crippen LogP contribution in [0.25, 0.3) is 0 Å². The summed E-state index contributed by atoms with van der Waals surface area (Å²) in [6.07, 6.45) is 5.48. The van der Waals surface area contributed by atoms with Crippen LogP contribution in [0.4, 0.5) is 0 Å². The van der Waals surface area contributed by atoms with Gasteiger partial charge in [-0.25, -0.2) is 0 Å². The second-order valence-electron chi connectivity index (χ2n) is 4.66. The molecule has 5 heteroatoms. The predicted octanol–water partition coefficient (Wildman–Crippen LogP) is 1.35. The van der Waals surface area contributed by atoms with Crippen LogP contribution in [-0.2, 0) is 17.6 Å². The molecular weight excluding hydrogens is 220 g/mol. The van der Waals surface area contributed by atoms with E-state index < -0.39 is 0 Å². The van der Waals surface area contributed by atoms with E-state index in [0.717, 1.165) is 12.8 Å². The van der Waals surface area contributed by atoms with Crippen molar-refractivity contribution < 1.29 is 14.4 Å². The molecule has 1 aliphatic rings. The van der Waals surface area contributed by atoms with Crippen LogP contribution in [0.2, 0.25) is 0 Å². The molecule has 1 saturated carbocycles. The lowest BCUT2D eigenvalue weighted by Gasteiger charge is -2.14. The van der Waals surface area contributed by atoms with Gasteiger partial charge in [-0.3, -0.25) is 0 Å². The summed E-state index contributed by atoms with van der Waals surface area (Å²) in [5, 5.41) is 13.9. The zero-order valence-corrected chi connectivity index (χ0v) is 10.3. The van der Waals surface area contributed by atoms with Crippen LogP contribution in [0.1, 0.15) is 37.4 Å². The third-order valence-corrected chi connectivity index (χ3v) is 3.37. The molecule has 1 N–H and O–H groups in total. The third kappa shape index (κ3) is 3.51. The van der Waals surface area contributed by atoms with E-state index in [1.165, 1.54) is 12.8 Å². The maximum atomic E-state index is 10.0. The van der Waals surface area contributed by atoms with E-state index in [1.54, 1.807) is 7.11 Å². The summed E-state index contributed by atoms with van der Waals surface area (Å²) in [5.41, 5.74) is 0. The molecule has 5 nitrogen and oxygen atoms in total. The van der Waals surface area contributed by atoms with Crippen molar-refractivity contribution in [1.29, 1.82) is 0 Å². The van der Waals surface area contributed by atoms with Gasteiger partial charge >= 0.3 is 0 Å². The van der Waals surface area contributed by atoms with Crippen LogP contribution >= 0.6 is 0 Å². The molecule has 0 radical (unpaired) electrons. The van der Waals surface area contributed by atoms with E-state index in [0.29, 0.717) is 37.1 Å². The van der Waals surface area contributed by atoms with Gasteiger partial charge in [0.15, 0.2) is 5.82 Å². The van der Waals surface area contributed by atoms with Gasteiger partial charge in [0.1, 0.15) is 0 Å². The number of aliphatic hydroxyl groups excluding tert-OH is 1. The Morgan fingerprint density at radius 2 is 2.24 bits per heavy atom. The van der Waals surface area contributed by atoms with Crippen molar-refractivity contribution in [2.24, 2.45) is 5.92 Å². The molecule has 0 bridgehead atoms. The smallest absolute Gasteiger partial charge is 0.229 e. The molecule has 1 fully saturated rings. The Bertz CT molecular complexity index is 334. The maximum Gasteiger partial charge on any atom is 0.229 e. The molecule has 17 heavy (non-hydrogen) atoms. The van der Waals surface area contributed by atoms with Crippen LogP contribution in [0.3, 0.4) is 0 Å². The molecule has 1 unspecified atom stereocenters. The first-order valence-corrected chi connectivity index (χ1v) is 6.28. The normalized spacial score (nSPS) is 18.7. The van der Waals surface area contributed by atoms with Crippen molar-refractivity contribution in [2.75, 3.05) is 13.7 Å². The number of aliphatic hydroxyl groups is 1. The molecule has 0 spiro atoms. The van der Waals surface area contributed by atoms with Gasteiger partial charge in [-0.2, -0.15) is 4.98 Å². The molecule has 1 aliphatic carbocycles. The van der Waals surface area contributed by atoms with Crippen molar-refractivity contribution in [3.63, 3.8) is 0 Å². The summed E-state index contributed by atoms with van der Waals surface area (Å²) >= 11 is 0. The minimum atomic E-state index is -0.340. The first kappa shape index (κ1) is 12.5. The standard InChI is InChI=1S/C12H20N2O3/c1-16-7-6-11-13-12(17-14-11)8-10(15)9-4-2-3-5-9/h9-10,15H,2-8H2,1H3. The molecule has 0 amide bonds. The first-order valence-electron chi connectivity index (χ1n) is 6.28. The fraction of sp³-hybridized carbons (Fsp3) is 0.833. The summed E-state index contributed by atoms with van der Waals surface area (Å²) in [7, 11) is 1.64. The number of hydrogen-bond acceptors (Lipinski definition) is 5. The summed E-state index contributed by atoms with van der Waals surface area (Å²) in [5.74, 6) is 1.60. The van der Waals surface area contributed by atoms with Crippen molar-refractivity contribution in [2.45, 2.75) is 44.6 Å². The van der Waals surface area contributed by atoms with Gasteiger partial charge in [0.25, 0.3) is 0 Å². The molecule has 1 aromatic rings. The molecule has 96 valence electrons. The Hall–Kier alpha value is -0.940. The second-order valence-corrected chi connectivity index (χ2v) is 4.66. The molecule has 0 saturated heterocycles. The largest absolute Gasteiger partial charge is 0.392 e. The quantitative estimate of drug-likeness (QED) is 0.813. The lowest BCUT2D eigenvalue weighted by Crippen LogP contribution is -2.20. The lowest BCUT2D eigenvalue weighted by molar-refractivity contribution is 0.102. The minimum Gasteiger partial charge on any atom is -0.392 e. The average Bonchev–Trinajstić information content (AvgIpc) is 2.97. The highest BCUT2D eigenvalue weighted by Gasteiger charge is 2.25. The van der Waals surface area contributed by atoms with Crippen LogP contribution in [0.5, 0.6) is 0 Å². The molecular formula is C12H20N2O3. The van der Waals surface area contributed by atoms with Crippen LogP contribution < -0.4 is 0 Å². The highest BCUT2D eigenvalue weighted by Crippen LogP contribution is 2.28. The molecule has 1 aromatic heterocycles. The van der Waals surface area contributed by atoms with Crippen LogP contribution in [0, 0.1) is 5.92 Å². The SMILES string of the molecule is COCCc1noc(CC(O)C2CCCC2)n1. The first-order chi connectivity index (χ1) is 8.29. The maximum absolute atomic E-state index is 10.0. The molecule has 0 aromatic carbocycles. The monoisotopic (exact) mass is 240 g/mol. The average molecular weight is 240 g/mol. The van der Waals surface area contributed by atoms with Crippen LogP contribution in [0.15, 0.2) is 4.52 Å². The third-order valence-electron chi connectivity index (χ3n) is 3.37. The van der Waals surface area contributed by atoms with Crippen molar-refractivity contribution in [3.05, 3.63) is 11.7 Å². The van der Waals surface area contributed by atoms with Crippen LogP contribution in [-0.4, -0.2) is 35.1 Å². The van der Waals surface area contributed by atoms with Gasteiger partial charge in [-0.05, 0) is 18.8 Å². The summed E-state index contributed by atoms with van der Waals surface area (Å²) in [6.45, 7) is 0.587. The minimum absolute atomic E-state index is 0.340. The van der Waals surface area contributed by atoms with Gasteiger partial charge in [-0.15, -0.1) is 0 Å². The summed E-state index contributed by atoms with van der Waals surface area (Å²) in [6, 6.07) is 0. The Morgan fingerprint density at radius 3 is 2.94 bits per heavy atom. The van der Waals surface area contributed by atoms with E-state index >= 15 is 0 Å². The number of ether oxygens (including phenoxy) is 1. The molecule has 1 atom stereocenters. The Morgan fingerprint density at radius 1 is 1.47 bits per heavy atom. The van der Waals surface area contributed by atoms with E-state index in [1.807, 2.05) is 0 Å². The Labute approximate surface area is 101 Å². The predicted molar refractivity (Wildman–Crippen MR) is 61.5 cm³/mol. The van der Waals surface area contributed by atoms with Gasteiger partial charge in [0.05, 0.1) is 19.1 Å². The zero-order chi connectivity index (χ0) is 12.1. The number of aromatic nitrogens is 2. The molecule has 0 aliphatic heterocycles. The van der Waals surface area contributed by atoms with Crippen molar-refractivity contribution >= 4 is 0 Å². The molecule has 1 heterocycles. The number of nitrogens with zero attached hydrogens (tertiary/aromatic N) is 2. The van der Waals surface area contributed by atoms with Gasteiger partial charge in [-0.1, -0.05) is 18.0 Å². The topological polar surface area (TPSA) is 68.4 Å². The number of methoxy groups -OCH3 is 1. The van der Waals surface area contributed by atoms with Gasteiger partial charge in [0, 0.05) is 13.5 Å². The lowest BCUT2D eigenvalue weighted by atomic mass is 9.98. The van der Waals surface area contributed by atoms with E-state index in [-0.39, 0.29) is 6.10 Å². The fourth-order valence-corrected chi connectivity index (χ4v) is 2.36. The Kier molecular flexibility index (Phi) is 4.50. The summed E-state index contributed by atoms with van der Waals surface area (Å²) < 4.78 is 10.1. The van der Waals surface area contributed by atoms with E-state index in [4.69, 9.17) is 9.26 Å². The number of hydrogen-bond donors (Lipinski definition) is 1. The highest BCUT2D eigenvalue weighted by atomic mass is 16.5. The fourth-order valence-electron chi connectivity index (χ4n) is 2.36. The van der Waals surface area contributed by atoms with Gasteiger partial charge in [0.2, 0.25) is 5.89 Å². The van der Waals surface area contributed by atoms with Gasteiger partial charge < -0.3 is 14.4 Å².